The molecule has 0 saturated carbocycles. The standard InChI is InChI=1S/C11H14N2O3S/c12-8-9-3-1-4-10(7-9)13-11(14)5-2-6-17(13,15)16/h1,3-4,7H,2,5-6,8,12H2. The smallest absolute Gasteiger partial charge is 0.241 e. The monoisotopic (exact) mass is 254 g/mol. The Morgan fingerprint density at radius 3 is 2.76 bits per heavy atom. The van der Waals surface area contributed by atoms with Crippen molar-refractivity contribution in [2.45, 2.75) is 19.4 Å². The van der Waals surface area contributed by atoms with Crippen LogP contribution in [0.15, 0.2) is 24.3 Å². The number of amides is 1. The lowest BCUT2D eigenvalue weighted by atomic mass is 10.2. The highest BCUT2D eigenvalue weighted by molar-refractivity contribution is 7.93. The van der Waals surface area contributed by atoms with E-state index in [4.69, 9.17) is 5.73 Å². The first kappa shape index (κ1) is 12.1. The van der Waals surface area contributed by atoms with E-state index in [0.29, 0.717) is 18.7 Å². The predicted octanol–water partition coefficient (Wildman–Crippen LogP) is 0.602. The molecule has 5 nitrogen and oxygen atoms in total. The molecule has 2 rings (SSSR count). The molecule has 1 aliphatic rings. The summed E-state index contributed by atoms with van der Waals surface area (Å²) in [6, 6.07) is 6.75. The summed E-state index contributed by atoms with van der Waals surface area (Å²) in [6.45, 7) is 0.315. The molecule has 1 amide bonds. The molecule has 1 fully saturated rings. The molecule has 2 N–H and O–H groups in total. The van der Waals surface area contributed by atoms with Crippen LogP contribution in [-0.2, 0) is 21.4 Å². The molecule has 0 bridgehead atoms. The van der Waals surface area contributed by atoms with Gasteiger partial charge < -0.3 is 5.73 Å². The Kier molecular flexibility index (Phi) is 3.17. The molecular weight excluding hydrogens is 240 g/mol. The van der Waals surface area contributed by atoms with E-state index >= 15 is 0 Å². The minimum atomic E-state index is -3.51. The SMILES string of the molecule is NCc1cccc(N2C(=O)CCCS2(=O)=O)c1. The molecule has 0 spiro atoms. The fourth-order valence-corrected chi connectivity index (χ4v) is 3.40. The van der Waals surface area contributed by atoms with Crippen molar-refractivity contribution < 1.29 is 13.2 Å². The zero-order valence-corrected chi connectivity index (χ0v) is 10.1. The van der Waals surface area contributed by atoms with Crippen molar-refractivity contribution in [1.29, 1.82) is 0 Å². The summed E-state index contributed by atoms with van der Waals surface area (Å²) in [4.78, 5) is 11.7. The third-order valence-electron chi connectivity index (χ3n) is 2.68. The first-order chi connectivity index (χ1) is 8.04. The van der Waals surface area contributed by atoms with E-state index in [9.17, 15) is 13.2 Å². The van der Waals surface area contributed by atoms with Gasteiger partial charge in [0.1, 0.15) is 0 Å². The summed E-state index contributed by atoms with van der Waals surface area (Å²) in [5, 5.41) is 0. The van der Waals surface area contributed by atoms with Crippen LogP contribution in [-0.4, -0.2) is 20.1 Å². The lowest BCUT2D eigenvalue weighted by molar-refractivity contribution is -0.117. The lowest BCUT2D eigenvalue weighted by Gasteiger charge is -2.26. The Morgan fingerprint density at radius 1 is 1.35 bits per heavy atom. The highest BCUT2D eigenvalue weighted by Crippen LogP contribution is 2.25. The Bertz CT molecular complexity index is 539. The van der Waals surface area contributed by atoms with Crippen molar-refractivity contribution in [3.8, 4) is 0 Å². The van der Waals surface area contributed by atoms with Gasteiger partial charge in [0, 0.05) is 13.0 Å². The molecular formula is C11H14N2O3S. The van der Waals surface area contributed by atoms with E-state index in [0.717, 1.165) is 9.87 Å². The fourth-order valence-electron chi connectivity index (χ4n) is 1.87. The number of hydrogen-bond donors (Lipinski definition) is 1. The zero-order valence-electron chi connectivity index (χ0n) is 9.30. The topological polar surface area (TPSA) is 80.5 Å². The predicted molar refractivity (Wildman–Crippen MR) is 64.8 cm³/mol. The highest BCUT2D eigenvalue weighted by atomic mass is 32.2. The Morgan fingerprint density at radius 2 is 2.12 bits per heavy atom. The molecule has 92 valence electrons. The number of carbonyl (C=O) groups is 1. The average Bonchev–Trinajstić information content (AvgIpc) is 2.28. The van der Waals surface area contributed by atoms with Crippen LogP contribution in [0.4, 0.5) is 5.69 Å². The number of nitrogens with zero attached hydrogens (tertiary/aromatic N) is 1. The summed E-state index contributed by atoms with van der Waals surface area (Å²) < 4.78 is 24.6. The number of nitrogens with two attached hydrogens (primary N) is 1. The summed E-state index contributed by atoms with van der Waals surface area (Å²) >= 11 is 0. The summed E-state index contributed by atoms with van der Waals surface area (Å²) in [5.41, 5.74) is 6.69. The molecule has 0 radical (unpaired) electrons. The van der Waals surface area contributed by atoms with Crippen molar-refractivity contribution in [2.75, 3.05) is 10.1 Å². The second-order valence-electron chi connectivity index (χ2n) is 3.95. The molecule has 1 aromatic rings. The van der Waals surface area contributed by atoms with E-state index < -0.39 is 10.0 Å². The van der Waals surface area contributed by atoms with Crippen LogP contribution in [0, 0.1) is 0 Å². The van der Waals surface area contributed by atoms with E-state index in [1.807, 2.05) is 0 Å². The third kappa shape index (κ3) is 2.32. The molecule has 1 heterocycles. The summed E-state index contributed by atoms with van der Waals surface area (Å²) in [7, 11) is -3.51. The molecule has 1 saturated heterocycles. The normalized spacial score (nSPS) is 19.4. The molecule has 6 heteroatoms. The van der Waals surface area contributed by atoms with Crippen LogP contribution in [0.5, 0.6) is 0 Å². The number of benzene rings is 1. The first-order valence-corrected chi connectivity index (χ1v) is 7.00. The zero-order chi connectivity index (χ0) is 12.5. The molecule has 0 unspecified atom stereocenters. The van der Waals surface area contributed by atoms with Crippen LogP contribution in [0.25, 0.3) is 0 Å². The molecule has 0 atom stereocenters. The van der Waals surface area contributed by atoms with Crippen LogP contribution < -0.4 is 10.0 Å². The van der Waals surface area contributed by atoms with Gasteiger partial charge in [-0.2, -0.15) is 0 Å². The quantitative estimate of drug-likeness (QED) is 0.838. The average molecular weight is 254 g/mol. The van der Waals surface area contributed by atoms with Crippen molar-refractivity contribution in [2.24, 2.45) is 5.73 Å². The van der Waals surface area contributed by atoms with Gasteiger partial charge in [0.2, 0.25) is 15.9 Å². The van der Waals surface area contributed by atoms with E-state index in [2.05, 4.69) is 0 Å². The van der Waals surface area contributed by atoms with E-state index in [1.165, 1.54) is 0 Å². The van der Waals surface area contributed by atoms with E-state index in [1.54, 1.807) is 24.3 Å². The van der Waals surface area contributed by atoms with Crippen LogP contribution in [0.1, 0.15) is 18.4 Å². The van der Waals surface area contributed by atoms with Crippen LogP contribution >= 0.6 is 0 Å². The molecule has 0 aliphatic carbocycles. The van der Waals surface area contributed by atoms with Gasteiger partial charge in [-0.1, -0.05) is 12.1 Å². The third-order valence-corrected chi connectivity index (χ3v) is 4.45. The Hall–Kier alpha value is -1.40. The highest BCUT2D eigenvalue weighted by Gasteiger charge is 2.32. The van der Waals surface area contributed by atoms with Crippen LogP contribution in [0.3, 0.4) is 0 Å². The summed E-state index contributed by atoms with van der Waals surface area (Å²) in [6.07, 6.45) is 0.667. The minimum absolute atomic E-state index is 0.0194. The van der Waals surface area contributed by atoms with Gasteiger partial charge in [-0.05, 0) is 24.1 Å². The molecule has 0 aromatic heterocycles. The van der Waals surface area contributed by atoms with Crippen molar-refractivity contribution >= 4 is 21.6 Å². The molecule has 17 heavy (non-hydrogen) atoms. The van der Waals surface area contributed by atoms with Gasteiger partial charge in [0.25, 0.3) is 0 Å². The summed E-state index contributed by atoms with van der Waals surface area (Å²) in [5.74, 6) is -0.351. The number of rotatable bonds is 2. The van der Waals surface area contributed by atoms with Gasteiger partial charge >= 0.3 is 0 Å². The van der Waals surface area contributed by atoms with Gasteiger partial charge in [-0.25, -0.2) is 12.7 Å². The Labute approximate surface area is 100 Å². The molecule has 1 aliphatic heterocycles. The number of carbonyl (C=O) groups excluding carboxylic acids is 1. The number of sulfonamides is 1. The van der Waals surface area contributed by atoms with E-state index in [-0.39, 0.29) is 18.1 Å². The number of anilines is 1. The van der Waals surface area contributed by atoms with Crippen molar-refractivity contribution in [1.82, 2.24) is 0 Å². The van der Waals surface area contributed by atoms with Crippen molar-refractivity contribution in [3.05, 3.63) is 29.8 Å². The maximum atomic E-state index is 11.9. The maximum absolute atomic E-state index is 11.9. The number of hydrogen-bond acceptors (Lipinski definition) is 4. The van der Waals surface area contributed by atoms with Gasteiger partial charge in [-0.15, -0.1) is 0 Å². The first-order valence-electron chi connectivity index (χ1n) is 5.39. The second kappa shape index (κ2) is 4.46. The largest absolute Gasteiger partial charge is 0.326 e. The maximum Gasteiger partial charge on any atom is 0.241 e. The van der Waals surface area contributed by atoms with Gasteiger partial charge in [0.05, 0.1) is 11.4 Å². The van der Waals surface area contributed by atoms with Crippen LogP contribution in [0.2, 0.25) is 0 Å². The fraction of sp³-hybridized carbons (Fsp3) is 0.364. The Balaban J connectivity index is 2.46. The second-order valence-corrected chi connectivity index (χ2v) is 5.89. The lowest BCUT2D eigenvalue weighted by Crippen LogP contribution is -2.42. The molecule has 1 aromatic carbocycles. The minimum Gasteiger partial charge on any atom is -0.326 e. The van der Waals surface area contributed by atoms with Crippen molar-refractivity contribution in [3.63, 3.8) is 0 Å². The van der Waals surface area contributed by atoms with Gasteiger partial charge in [-0.3, -0.25) is 4.79 Å². The van der Waals surface area contributed by atoms with Gasteiger partial charge in [0.15, 0.2) is 0 Å².